The minimum Gasteiger partial charge on any atom is -0.496 e. The van der Waals surface area contributed by atoms with Crippen molar-refractivity contribution < 1.29 is 13.9 Å². The summed E-state index contributed by atoms with van der Waals surface area (Å²) in [6, 6.07) is 4.15. The Labute approximate surface area is 119 Å². The summed E-state index contributed by atoms with van der Waals surface area (Å²) in [4.78, 5) is 13.0. The van der Waals surface area contributed by atoms with E-state index in [1.807, 2.05) is 0 Å². The van der Waals surface area contributed by atoms with Crippen molar-refractivity contribution in [3.63, 3.8) is 0 Å². The first kappa shape index (κ1) is 15.0. The highest BCUT2D eigenvalue weighted by molar-refractivity contribution is 6.03. The molecule has 0 bridgehead atoms. The summed E-state index contributed by atoms with van der Waals surface area (Å²) in [6.07, 6.45) is 3.58. The molecule has 0 aromatic heterocycles. The van der Waals surface area contributed by atoms with E-state index < -0.39 is 11.2 Å². The van der Waals surface area contributed by atoms with E-state index in [2.05, 4.69) is 12.2 Å². The summed E-state index contributed by atoms with van der Waals surface area (Å²) >= 11 is 0. The highest BCUT2D eigenvalue weighted by Crippen LogP contribution is 2.37. The molecule has 1 aliphatic heterocycles. The maximum absolute atomic E-state index is 13.5. The van der Waals surface area contributed by atoms with E-state index in [-0.39, 0.29) is 5.78 Å². The molecule has 1 fully saturated rings. The average Bonchev–Trinajstić information content (AvgIpc) is 2.47. The first-order valence-corrected chi connectivity index (χ1v) is 7.22. The summed E-state index contributed by atoms with van der Waals surface area (Å²) in [5.41, 5.74) is -0.0571. The van der Waals surface area contributed by atoms with Gasteiger partial charge < -0.3 is 10.1 Å². The molecule has 1 aromatic rings. The summed E-state index contributed by atoms with van der Waals surface area (Å²) in [7, 11) is 1.51. The molecule has 1 unspecified atom stereocenters. The van der Waals surface area contributed by atoms with Crippen LogP contribution in [0, 0.1) is 11.2 Å². The van der Waals surface area contributed by atoms with Crippen molar-refractivity contribution in [2.75, 3.05) is 20.2 Å². The molecule has 1 aromatic carbocycles. The molecule has 1 N–H and O–H groups in total. The van der Waals surface area contributed by atoms with Gasteiger partial charge in [0, 0.05) is 12.0 Å². The summed E-state index contributed by atoms with van der Waals surface area (Å²) < 4.78 is 18.7. The van der Waals surface area contributed by atoms with Gasteiger partial charge in [-0.1, -0.05) is 13.3 Å². The number of ketones is 1. The Balaban J connectivity index is 2.39. The van der Waals surface area contributed by atoms with Gasteiger partial charge in [-0.25, -0.2) is 4.39 Å². The molecule has 3 nitrogen and oxygen atoms in total. The minimum absolute atomic E-state index is 0.00269. The molecule has 0 radical (unpaired) electrons. The first-order valence-electron chi connectivity index (χ1n) is 7.22. The van der Waals surface area contributed by atoms with Gasteiger partial charge in [-0.2, -0.15) is 0 Å². The van der Waals surface area contributed by atoms with E-state index in [0.717, 1.165) is 32.2 Å². The van der Waals surface area contributed by atoms with Crippen molar-refractivity contribution in [3.05, 3.63) is 29.6 Å². The van der Waals surface area contributed by atoms with E-state index in [1.165, 1.54) is 25.3 Å². The smallest absolute Gasteiger partial charge is 0.174 e. The van der Waals surface area contributed by atoms with Crippen LogP contribution < -0.4 is 10.1 Å². The molecular formula is C16H22FNO2. The Kier molecular flexibility index (Phi) is 4.76. The topological polar surface area (TPSA) is 38.3 Å². The van der Waals surface area contributed by atoms with Crippen molar-refractivity contribution in [2.45, 2.75) is 32.6 Å². The number of carbonyl (C=O) groups excluding carboxylic acids is 1. The Morgan fingerprint density at radius 1 is 1.50 bits per heavy atom. The second kappa shape index (κ2) is 6.35. The number of halogens is 1. The Morgan fingerprint density at radius 3 is 2.90 bits per heavy atom. The monoisotopic (exact) mass is 279 g/mol. The van der Waals surface area contributed by atoms with Crippen LogP contribution >= 0.6 is 0 Å². The van der Waals surface area contributed by atoms with Gasteiger partial charge in [0.15, 0.2) is 5.78 Å². The fourth-order valence-corrected chi connectivity index (χ4v) is 3.11. The molecule has 0 aliphatic carbocycles. The summed E-state index contributed by atoms with van der Waals surface area (Å²) in [5, 5.41) is 3.31. The average molecular weight is 279 g/mol. The van der Waals surface area contributed by atoms with Gasteiger partial charge in [-0.3, -0.25) is 4.79 Å². The standard InChI is InChI=1S/C16H22FNO2/c1-3-7-16(8-4-9-18-11-16)15(19)13-10-12(17)5-6-14(13)20-2/h5-6,10,18H,3-4,7-9,11H2,1-2H3. The van der Waals surface area contributed by atoms with Crippen LogP contribution in [0.4, 0.5) is 4.39 Å². The molecule has 1 saturated heterocycles. The van der Waals surface area contributed by atoms with Gasteiger partial charge in [-0.05, 0) is 44.0 Å². The maximum Gasteiger partial charge on any atom is 0.174 e. The lowest BCUT2D eigenvalue weighted by Crippen LogP contribution is -2.45. The largest absolute Gasteiger partial charge is 0.496 e. The number of rotatable bonds is 5. The number of ether oxygens (including phenoxy) is 1. The highest BCUT2D eigenvalue weighted by Gasteiger charge is 2.40. The predicted octanol–water partition coefficient (Wildman–Crippen LogP) is 3.19. The van der Waals surface area contributed by atoms with Crippen molar-refractivity contribution >= 4 is 5.78 Å². The molecule has 0 amide bonds. The van der Waals surface area contributed by atoms with Crippen LogP contribution in [0.1, 0.15) is 43.0 Å². The molecule has 2 rings (SSSR count). The van der Waals surface area contributed by atoms with E-state index in [1.54, 1.807) is 0 Å². The zero-order chi connectivity index (χ0) is 14.6. The zero-order valence-electron chi connectivity index (χ0n) is 12.2. The quantitative estimate of drug-likeness (QED) is 0.841. The third-order valence-electron chi connectivity index (χ3n) is 4.09. The third kappa shape index (κ3) is 2.85. The number of piperidine rings is 1. The molecule has 0 spiro atoms. The Morgan fingerprint density at radius 2 is 2.30 bits per heavy atom. The van der Waals surface area contributed by atoms with Gasteiger partial charge in [0.25, 0.3) is 0 Å². The Bertz CT molecular complexity index is 476. The van der Waals surface area contributed by atoms with E-state index in [4.69, 9.17) is 4.74 Å². The predicted molar refractivity (Wildman–Crippen MR) is 76.7 cm³/mol. The molecule has 1 heterocycles. The molecule has 1 atom stereocenters. The normalized spacial score (nSPS) is 22.6. The van der Waals surface area contributed by atoms with E-state index >= 15 is 0 Å². The zero-order valence-corrected chi connectivity index (χ0v) is 12.2. The van der Waals surface area contributed by atoms with Gasteiger partial charge in [0.05, 0.1) is 12.7 Å². The van der Waals surface area contributed by atoms with Gasteiger partial charge in [0.2, 0.25) is 0 Å². The van der Waals surface area contributed by atoms with Crippen LogP contribution in [-0.4, -0.2) is 26.0 Å². The second-order valence-electron chi connectivity index (χ2n) is 5.48. The first-order chi connectivity index (χ1) is 9.63. The SMILES string of the molecule is CCCC1(C(=O)c2cc(F)ccc2OC)CCCNC1. The van der Waals surface area contributed by atoms with Crippen molar-refractivity contribution in [2.24, 2.45) is 5.41 Å². The summed E-state index contributed by atoms with van der Waals surface area (Å²) in [5.74, 6) is 0.0601. The summed E-state index contributed by atoms with van der Waals surface area (Å²) in [6.45, 7) is 3.69. The number of benzene rings is 1. The van der Waals surface area contributed by atoms with Crippen LogP contribution in [0.3, 0.4) is 0 Å². The van der Waals surface area contributed by atoms with Gasteiger partial charge in [0.1, 0.15) is 11.6 Å². The maximum atomic E-state index is 13.5. The molecule has 1 aliphatic rings. The highest BCUT2D eigenvalue weighted by atomic mass is 19.1. The molecule has 4 heteroatoms. The number of hydrogen-bond donors (Lipinski definition) is 1. The lowest BCUT2D eigenvalue weighted by molar-refractivity contribution is 0.0714. The van der Waals surface area contributed by atoms with Gasteiger partial charge >= 0.3 is 0 Å². The molecule has 20 heavy (non-hydrogen) atoms. The van der Waals surface area contributed by atoms with E-state index in [0.29, 0.717) is 17.9 Å². The molecule has 110 valence electrons. The fourth-order valence-electron chi connectivity index (χ4n) is 3.11. The number of nitrogens with one attached hydrogen (secondary N) is 1. The van der Waals surface area contributed by atoms with Crippen molar-refractivity contribution in [1.29, 1.82) is 0 Å². The molecule has 0 saturated carbocycles. The number of carbonyl (C=O) groups is 1. The fraction of sp³-hybridized carbons (Fsp3) is 0.562. The van der Waals surface area contributed by atoms with Crippen LogP contribution in [-0.2, 0) is 0 Å². The number of Topliss-reactive ketones (excluding diaryl/α,β-unsaturated/α-hetero) is 1. The van der Waals surface area contributed by atoms with Crippen LogP contribution in [0.5, 0.6) is 5.75 Å². The minimum atomic E-state index is -0.423. The lowest BCUT2D eigenvalue weighted by atomic mass is 9.71. The lowest BCUT2D eigenvalue weighted by Gasteiger charge is -2.36. The number of hydrogen-bond acceptors (Lipinski definition) is 3. The van der Waals surface area contributed by atoms with Crippen molar-refractivity contribution in [1.82, 2.24) is 5.32 Å². The van der Waals surface area contributed by atoms with Crippen molar-refractivity contribution in [3.8, 4) is 5.75 Å². The van der Waals surface area contributed by atoms with Crippen LogP contribution in [0.15, 0.2) is 18.2 Å². The Hall–Kier alpha value is -1.42. The van der Waals surface area contributed by atoms with Crippen LogP contribution in [0.2, 0.25) is 0 Å². The molecular weight excluding hydrogens is 257 g/mol. The van der Waals surface area contributed by atoms with Gasteiger partial charge in [-0.15, -0.1) is 0 Å². The van der Waals surface area contributed by atoms with E-state index in [9.17, 15) is 9.18 Å². The third-order valence-corrected chi connectivity index (χ3v) is 4.09. The number of methoxy groups -OCH3 is 1. The van der Waals surface area contributed by atoms with Crippen LogP contribution in [0.25, 0.3) is 0 Å². The second-order valence-corrected chi connectivity index (χ2v) is 5.48.